The molecule has 4 aliphatic rings. The van der Waals surface area contributed by atoms with E-state index in [2.05, 4.69) is 47.8 Å². The summed E-state index contributed by atoms with van der Waals surface area (Å²) in [5, 5.41) is 14.0. The van der Waals surface area contributed by atoms with Crippen LogP contribution in [0.1, 0.15) is 177 Å². The van der Waals surface area contributed by atoms with Gasteiger partial charge < -0.3 is 24.6 Å². The van der Waals surface area contributed by atoms with Crippen molar-refractivity contribution in [2.45, 2.75) is 173 Å². The van der Waals surface area contributed by atoms with Gasteiger partial charge in [-0.2, -0.15) is 0 Å². The van der Waals surface area contributed by atoms with Gasteiger partial charge in [-0.15, -0.1) is 0 Å². The van der Waals surface area contributed by atoms with E-state index in [1.165, 1.54) is 24.1 Å². The van der Waals surface area contributed by atoms with Crippen molar-refractivity contribution in [3.8, 4) is 0 Å². The highest BCUT2D eigenvalue weighted by Crippen LogP contribution is 2.70. The summed E-state index contributed by atoms with van der Waals surface area (Å²) in [6, 6.07) is 40.2. The molecular weight excluding hydrogens is 1000 g/mol. The Labute approximate surface area is 473 Å². The molecule has 2 N–H and O–H groups in total. The molecule has 13 nitrogen and oxygen atoms in total. The van der Waals surface area contributed by atoms with Crippen molar-refractivity contribution in [2.75, 3.05) is 34.2 Å². The number of esters is 2. The fourth-order valence-electron chi connectivity index (χ4n) is 9.89. The van der Waals surface area contributed by atoms with Crippen LogP contribution < -0.4 is 0 Å². The van der Waals surface area contributed by atoms with Gasteiger partial charge in [0.05, 0.1) is 44.5 Å². The zero-order valence-electron chi connectivity index (χ0n) is 51.1. The number of benzene rings is 4. The molecule has 8 rings (SSSR count). The van der Waals surface area contributed by atoms with Gasteiger partial charge in [0.2, 0.25) is 21.8 Å². The Morgan fingerprint density at radius 3 is 1.58 bits per heavy atom. The predicted molar refractivity (Wildman–Crippen MR) is 323 cm³/mol. The van der Waals surface area contributed by atoms with Crippen LogP contribution in [0.3, 0.4) is 0 Å². The quantitative estimate of drug-likeness (QED) is 0.0743. The molecule has 2 saturated carbocycles. The van der Waals surface area contributed by atoms with E-state index in [4.69, 9.17) is 14.9 Å². The molecule has 2 heterocycles. The minimum Gasteiger partial charge on any atom is -0.469 e. The highest BCUT2D eigenvalue weighted by atomic mass is 32.2. The Bertz CT molecular complexity index is 2280. The third-order valence-electron chi connectivity index (χ3n) is 13.4. The summed E-state index contributed by atoms with van der Waals surface area (Å²) >= 11 is 0. The van der Waals surface area contributed by atoms with Crippen LogP contribution in [0.2, 0.25) is 0 Å². The molecule has 4 aromatic rings. The molecule has 4 fully saturated rings. The minimum atomic E-state index is -3.55. The summed E-state index contributed by atoms with van der Waals surface area (Å²) < 4.78 is 35.7. The van der Waals surface area contributed by atoms with E-state index in [0.29, 0.717) is 25.3 Å². The number of amides is 2. The maximum Gasteiger partial charge on any atom is 0.305 e. The number of carbonyl (C=O) groups is 4. The summed E-state index contributed by atoms with van der Waals surface area (Å²) in [5.74, 6) is -0.466. The first-order valence-corrected chi connectivity index (χ1v) is 30.0. The molecule has 0 aromatic heterocycles. The second-order valence-electron chi connectivity index (χ2n) is 17.1. The van der Waals surface area contributed by atoms with Crippen molar-refractivity contribution in [3.05, 3.63) is 144 Å². The van der Waals surface area contributed by atoms with Crippen LogP contribution >= 0.6 is 0 Å². The van der Waals surface area contributed by atoms with Crippen LogP contribution in [0.5, 0.6) is 0 Å². The van der Waals surface area contributed by atoms with Crippen LogP contribution in [-0.2, 0) is 51.8 Å². The number of aliphatic imine (C=N–C) groups is 1. The van der Waals surface area contributed by atoms with Gasteiger partial charge in [0.15, 0.2) is 0 Å². The third kappa shape index (κ3) is 22.6. The number of likely N-dealkylation sites (tertiary alicyclic amines) is 1. The van der Waals surface area contributed by atoms with Crippen molar-refractivity contribution < 1.29 is 47.3 Å². The first-order valence-electron chi connectivity index (χ1n) is 28.4. The van der Waals surface area contributed by atoms with Crippen LogP contribution in [0, 0.1) is 22.7 Å². The van der Waals surface area contributed by atoms with Gasteiger partial charge >= 0.3 is 11.9 Å². The van der Waals surface area contributed by atoms with E-state index in [-0.39, 0.29) is 77.6 Å². The number of aliphatic hydroxyl groups excluding tert-OH is 2. The predicted octanol–water partition coefficient (Wildman–Crippen LogP) is 13.7. The Morgan fingerprint density at radius 2 is 1.10 bits per heavy atom. The highest BCUT2D eigenvalue weighted by molar-refractivity contribution is 7.90. The van der Waals surface area contributed by atoms with Gasteiger partial charge in [-0.05, 0) is 65.7 Å². The largest absolute Gasteiger partial charge is 0.469 e. The number of sulfonamides is 1. The van der Waals surface area contributed by atoms with Crippen molar-refractivity contribution in [2.24, 2.45) is 27.7 Å². The number of fused-ring (bicyclic) bond motifs is 1. The van der Waals surface area contributed by atoms with Crippen LogP contribution in [-0.4, -0.2) is 98.0 Å². The third-order valence-corrected chi connectivity index (χ3v) is 15.3. The van der Waals surface area contributed by atoms with Gasteiger partial charge in [-0.3, -0.25) is 24.2 Å². The van der Waals surface area contributed by atoms with Crippen molar-refractivity contribution in [1.82, 2.24) is 9.21 Å². The normalized spacial score (nSPS) is 19.4. The first-order chi connectivity index (χ1) is 37.8. The number of hydrogen-bond donors (Lipinski definition) is 2. The summed E-state index contributed by atoms with van der Waals surface area (Å²) in [7, 11) is 1.13. The monoisotopic (exact) mass is 1110 g/mol. The van der Waals surface area contributed by atoms with E-state index in [9.17, 15) is 27.6 Å². The molecule has 2 aliphatic carbocycles. The molecule has 2 amide bonds. The molecule has 1 spiro atoms. The lowest BCUT2D eigenvalue weighted by molar-refractivity contribution is -0.159. The second kappa shape index (κ2) is 44.2. The standard InChI is InChI=1S/C20H21NO3.C16H25NO5S.C14H13N.6C2H6.2CH4O/c1-24-18(22)13-12-17-19(16-10-6-3-7-11-16)21(20(17)23)14-15-8-4-2-5-9-15;1-15(2)11-7-8-16(15)10-23(20,21)17(12(16)9-11)13(18)5-4-6-14(19)22-3;1-3-7-13(8-4-1)11-15-12-14-9-5-2-6-10-14;8*1-2/h2-11,17,19H,12-14H2,1H3;11-12H,4-10H2,1-3H3;1-11H,12H2;6*1-2H3;2*2H,1H3/t17-,19-;11-,12?,16?;;;;;;;;;/m10........./s1. The highest BCUT2D eigenvalue weighted by Gasteiger charge is 2.72. The zero-order valence-corrected chi connectivity index (χ0v) is 51.9. The number of β-lactam (4-membered cyclic amide) rings is 1. The average molecular weight is 1110 g/mol. The fourth-order valence-corrected chi connectivity index (χ4v) is 12.5. The summed E-state index contributed by atoms with van der Waals surface area (Å²) in [6.07, 6.45) is 5.98. The number of ether oxygens (including phenoxy) is 2. The van der Waals surface area contributed by atoms with Gasteiger partial charge in [0, 0.05) is 51.7 Å². The number of aliphatic hydroxyl groups is 2. The van der Waals surface area contributed by atoms with E-state index in [1.807, 2.05) is 191 Å². The van der Waals surface area contributed by atoms with E-state index in [0.717, 1.165) is 56.7 Å². The second-order valence-corrected chi connectivity index (χ2v) is 19.0. The molecule has 2 aliphatic heterocycles. The van der Waals surface area contributed by atoms with Crippen molar-refractivity contribution in [1.29, 1.82) is 0 Å². The average Bonchev–Trinajstić information content (AvgIpc) is 4.00. The zero-order chi connectivity index (χ0) is 60.3. The fraction of sp³-hybridized carbons (Fsp3) is 0.547. The van der Waals surface area contributed by atoms with Crippen LogP contribution in [0.4, 0.5) is 0 Å². The van der Waals surface area contributed by atoms with Crippen LogP contribution in [0.15, 0.2) is 126 Å². The van der Waals surface area contributed by atoms with Gasteiger partial charge in [-0.1, -0.05) is 218 Å². The molecule has 78 heavy (non-hydrogen) atoms. The maximum absolute atomic E-state index is 12.7. The summed E-state index contributed by atoms with van der Waals surface area (Å²) in [4.78, 5) is 54.0. The molecule has 2 bridgehead atoms. The molecule has 2 unspecified atom stereocenters. The molecule has 5 atom stereocenters. The maximum atomic E-state index is 12.7. The lowest BCUT2D eigenvalue weighted by Gasteiger charge is -2.47. The summed E-state index contributed by atoms with van der Waals surface area (Å²) in [6.45, 7) is 29.7. The van der Waals surface area contributed by atoms with Gasteiger partial charge in [0.1, 0.15) is 0 Å². The van der Waals surface area contributed by atoms with Crippen molar-refractivity contribution in [3.63, 3.8) is 0 Å². The molecule has 440 valence electrons. The smallest absolute Gasteiger partial charge is 0.305 e. The molecule has 0 radical (unpaired) electrons. The lowest BCUT2D eigenvalue weighted by atomic mass is 9.69. The number of methoxy groups -OCH3 is 2. The number of hydrogen-bond acceptors (Lipinski definition) is 11. The van der Waals surface area contributed by atoms with Gasteiger partial charge in [0.25, 0.3) is 0 Å². The van der Waals surface area contributed by atoms with E-state index in [1.54, 1.807) is 0 Å². The Morgan fingerprint density at radius 1 is 0.654 bits per heavy atom. The summed E-state index contributed by atoms with van der Waals surface area (Å²) in [5.41, 5.74) is 4.29. The Balaban J connectivity index is -0.000000971. The lowest BCUT2D eigenvalue weighted by Crippen LogP contribution is -2.54. The minimum absolute atomic E-state index is 0.0172. The number of nitrogens with zero attached hydrogens (tertiary/aromatic N) is 3. The topological polar surface area (TPSA) is 180 Å². The molecule has 14 heteroatoms. The molecular formula is C64H103N3O10S. The first kappa shape index (κ1) is 76.5. The van der Waals surface area contributed by atoms with Gasteiger partial charge in [-0.25, -0.2) is 12.7 Å². The van der Waals surface area contributed by atoms with Crippen LogP contribution in [0.25, 0.3) is 0 Å². The number of carbonyl (C=O) groups excluding carboxylic acids is 4. The molecule has 2 saturated heterocycles. The number of rotatable bonds is 13. The van der Waals surface area contributed by atoms with E-state index < -0.39 is 10.0 Å². The SMILES string of the molecule is C(=NCc1ccccc1)c1ccccc1.CC.CC.CC.CC.CC.CC.CO.CO.COC(=O)CCCC(=O)N1C2C[C@@H]3CCC2(CS1(=O)=O)C3(C)C.COC(=O)CC[C@H]1C(=O)N(Cc2ccccc2)[C@@H]1c1ccccc1. The molecule has 4 aromatic carbocycles. The van der Waals surface area contributed by atoms with Crippen molar-refractivity contribution >= 4 is 40.0 Å². The Hall–Kier alpha value is -5.70. The van der Waals surface area contributed by atoms with E-state index >= 15 is 0 Å². The Kier molecular flexibility index (Phi) is 43.4.